The Morgan fingerprint density at radius 2 is 1.87 bits per heavy atom. The standard InChI is InChI=1S/C24H24N2O4S/c1-15-7-8-17(12-16(15)2)26-22(27)14-24(26,21-6-5-11-31-21)23(28)25-19-10-9-18(29-3)13-20(19)30-4/h5-13H,14H2,1-4H3,(H,25,28). The van der Waals surface area contributed by atoms with Crippen LogP contribution < -0.4 is 19.7 Å². The predicted molar refractivity (Wildman–Crippen MR) is 122 cm³/mol. The van der Waals surface area contributed by atoms with Gasteiger partial charge < -0.3 is 14.8 Å². The van der Waals surface area contributed by atoms with Gasteiger partial charge in [-0.3, -0.25) is 14.5 Å². The van der Waals surface area contributed by atoms with E-state index in [0.717, 1.165) is 16.0 Å². The van der Waals surface area contributed by atoms with Gasteiger partial charge in [-0.1, -0.05) is 12.1 Å². The van der Waals surface area contributed by atoms with E-state index >= 15 is 0 Å². The molecule has 1 saturated heterocycles. The number of carbonyl (C=O) groups is 2. The normalized spacial score (nSPS) is 17.8. The average molecular weight is 437 g/mol. The Kier molecular flexibility index (Phi) is 5.45. The van der Waals surface area contributed by atoms with Crippen LogP contribution in [-0.2, 0) is 15.1 Å². The van der Waals surface area contributed by atoms with Gasteiger partial charge in [-0.2, -0.15) is 0 Å². The molecule has 0 aliphatic carbocycles. The minimum absolute atomic E-state index is 0.0894. The SMILES string of the molecule is COc1ccc(NC(=O)C2(c3cccs3)CC(=O)N2c2ccc(C)c(C)c2)c(OC)c1. The number of ether oxygens (including phenoxy) is 2. The van der Waals surface area contributed by atoms with Crippen LogP contribution in [0.2, 0.25) is 0 Å². The van der Waals surface area contributed by atoms with Crippen molar-refractivity contribution in [1.29, 1.82) is 0 Å². The summed E-state index contributed by atoms with van der Waals surface area (Å²) < 4.78 is 10.7. The number of carbonyl (C=O) groups excluding carboxylic acids is 2. The summed E-state index contributed by atoms with van der Waals surface area (Å²) in [4.78, 5) is 29.0. The van der Waals surface area contributed by atoms with Gasteiger partial charge in [0.05, 0.1) is 26.3 Å². The summed E-state index contributed by atoms with van der Waals surface area (Å²) in [5, 5.41) is 4.90. The molecule has 1 aromatic heterocycles. The first kappa shape index (κ1) is 20.9. The Morgan fingerprint density at radius 1 is 1.06 bits per heavy atom. The van der Waals surface area contributed by atoms with Crippen molar-refractivity contribution in [2.24, 2.45) is 0 Å². The number of anilines is 2. The summed E-state index contributed by atoms with van der Waals surface area (Å²) >= 11 is 1.46. The van der Waals surface area contributed by atoms with Gasteiger partial charge in [0.1, 0.15) is 11.5 Å². The van der Waals surface area contributed by atoms with Crippen molar-refractivity contribution in [2.75, 3.05) is 24.4 Å². The Morgan fingerprint density at radius 3 is 2.48 bits per heavy atom. The minimum Gasteiger partial charge on any atom is -0.497 e. The lowest BCUT2D eigenvalue weighted by molar-refractivity contribution is -0.137. The number of benzene rings is 2. The van der Waals surface area contributed by atoms with Crippen molar-refractivity contribution in [3.05, 3.63) is 69.9 Å². The van der Waals surface area contributed by atoms with Crippen molar-refractivity contribution in [3.8, 4) is 11.5 Å². The third-order valence-electron chi connectivity index (χ3n) is 5.75. The van der Waals surface area contributed by atoms with Crippen LogP contribution in [0.3, 0.4) is 0 Å². The van der Waals surface area contributed by atoms with E-state index in [1.54, 1.807) is 30.2 Å². The van der Waals surface area contributed by atoms with Crippen molar-refractivity contribution < 1.29 is 19.1 Å². The number of nitrogens with zero attached hydrogens (tertiary/aromatic N) is 1. The van der Waals surface area contributed by atoms with E-state index in [1.165, 1.54) is 18.4 Å². The second kappa shape index (κ2) is 8.07. The molecule has 1 atom stereocenters. The highest BCUT2D eigenvalue weighted by atomic mass is 32.1. The molecule has 2 amide bonds. The van der Waals surface area contributed by atoms with E-state index in [0.29, 0.717) is 22.9 Å². The van der Waals surface area contributed by atoms with Crippen molar-refractivity contribution in [3.63, 3.8) is 0 Å². The first-order valence-corrected chi connectivity index (χ1v) is 10.8. The molecule has 0 spiro atoms. The molecule has 1 aliphatic rings. The second-order valence-corrected chi connectivity index (χ2v) is 8.48. The summed E-state index contributed by atoms with van der Waals surface area (Å²) in [6.07, 6.45) is 0.102. The zero-order valence-corrected chi connectivity index (χ0v) is 18.7. The highest BCUT2D eigenvalue weighted by molar-refractivity contribution is 7.10. The molecule has 1 N–H and O–H groups in total. The van der Waals surface area contributed by atoms with Crippen LogP contribution in [0.4, 0.5) is 11.4 Å². The quantitative estimate of drug-likeness (QED) is 0.571. The maximum atomic E-state index is 13.7. The molecule has 6 nitrogen and oxygen atoms in total. The number of hydrogen-bond donors (Lipinski definition) is 1. The van der Waals surface area contributed by atoms with Crippen molar-refractivity contribution in [1.82, 2.24) is 0 Å². The predicted octanol–water partition coefficient (Wildman–Crippen LogP) is 4.65. The Hall–Kier alpha value is -3.32. The van der Waals surface area contributed by atoms with Gasteiger partial charge in [0.15, 0.2) is 5.54 Å². The first-order valence-electron chi connectivity index (χ1n) is 9.88. The van der Waals surface area contributed by atoms with Crippen LogP contribution in [-0.4, -0.2) is 26.0 Å². The molecule has 160 valence electrons. The molecule has 0 radical (unpaired) electrons. The molecule has 7 heteroatoms. The number of thiophene rings is 1. The molecule has 2 heterocycles. The molecular formula is C24H24N2O4S. The fourth-order valence-electron chi connectivity index (χ4n) is 3.86. The third kappa shape index (κ3) is 3.45. The van der Waals surface area contributed by atoms with Crippen molar-refractivity contribution in [2.45, 2.75) is 25.8 Å². The first-order chi connectivity index (χ1) is 14.9. The zero-order chi connectivity index (χ0) is 22.2. The lowest BCUT2D eigenvalue weighted by atomic mass is 9.80. The molecule has 1 unspecified atom stereocenters. The number of amides is 2. The number of rotatable bonds is 6. The van der Waals surface area contributed by atoms with E-state index in [9.17, 15) is 9.59 Å². The fraction of sp³-hybridized carbons (Fsp3) is 0.250. The maximum Gasteiger partial charge on any atom is 0.256 e. The average Bonchev–Trinajstić information content (AvgIpc) is 3.29. The molecule has 0 saturated carbocycles. The van der Waals surface area contributed by atoms with E-state index in [-0.39, 0.29) is 18.2 Å². The summed E-state index contributed by atoms with van der Waals surface area (Å²) in [7, 11) is 3.11. The van der Waals surface area contributed by atoms with E-state index < -0.39 is 5.54 Å². The molecular weight excluding hydrogens is 412 g/mol. The van der Waals surface area contributed by atoms with Gasteiger partial charge in [-0.15, -0.1) is 11.3 Å². The molecule has 31 heavy (non-hydrogen) atoms. The molecule has 4 rings (SSSR count). The Bertz CT molecular complexity index is 1140. The largest absolute Gasteiger partial charge is 0.497 e. The summed E-state index contributed by atoms with van der Waals surface area (Å²) in [5.74, 6) is 0.737. The number of nitrogens with one attached hydrogen (secondary N) is 1. The monoisotopic (exact) mass is 436 g/mol. The fourth-order valence-corrected chi connectivity index (χ4v) is 4.77. The second-order valence-electron chi connectivity index (χ2n) is 7.53. The van der Waals surface area contributed by atoms with Crippen LogP contribution in [0.1, 0.15) is 22.4 Å². The number of hydrogen-bond acceptors (Lipinski definition) is 5. The topological polar surface area (TPSA) is 67.9 Å². The maximum absolute atomic E-state index is 13.7. The van der Waals surface area contributed by atoms with E-state index in [2.05, 4.69) is 5.32 Å². The Balaban J connectivity index is 1.76. The summed E-state index contributed by atoms with van der Waals surface area (Å²) in [6.45, 7) is 4.02. The number of aryl methyl sites for hydroxylation is 2. The van der Waals surface area contributed by atoms with Gasteiger partial charge in [0.2, 0.25) is 5.91 Å². The molecule has 2 aromatic carbocycles. The number of methoxy groups -OCH3 is 2. The summed E-state index contributed by atoms with van der Waals surface area (Å²) in [5.41, 5.74) is 2.31. The molecule has 0 bridgehead atoms. The Labute approximate surface area is 185 Å². The molecule has 1 fully saturated rings. The van der Waals surface area contributed by atoms with Crippen LogP contribution >= 0.6 is 11.3 Å². The van der Waals surface area contributed by atoms with Gasteiger partial charge in [0.25, 0.3) is 5.91 Å². The highest BCUT2D eigenvalue weighted by Crippen LogP contribution is 2.48. The van der Waals surface area contributed by atoms with Crippen LogP contribution in [0.15, 0.2) is 53.9 Å². The van der Waals surface area contributed by atoms with Gasteiger partial charge in [-0.25, -0.2) is 0 Å². The van der Waals surface area contributed by atoms with Crippen LogP contribution in [0.5, 0.6) is 11.5 Å². The molecule has 3 aromatic rings. The zero-order valence-electron chi connectivity index (χ0n) is 17.9. The lowest BCUT2D eigenvalue weighted by Gasteiger charge is -2.50. The lowest BCUT2D eigenvalue weighted by Crippen LogP contribution is -2.67. The van der Waals surface area contributed by atoms with Gasteiger partial charge in [0, 0.05) is 16.6 Å². The summed E-state index contributed by atoms with van der Waals surface area (Å²) in [6, 6.07) is 14.8. The third-order valence-corrected chi connectivity index (χ3v) is 6.77. The minimum atomic E-state index is -1.11. The van der Waals surface area contributed by atoms with E-state index in [4.69, 9.17) is 9.47 Å². The highest BCUT2D eigenvalue weighted by Gasteiger charge is 2.59. The smallest absolute Gasteiger partial charge is 0.256 e. The van der Waals surface area contributed by atoms with Crippen LogP contribution in [0.25, 0.3) is 0 Å². The van der Waals surface area contributed by atoms with Gasteiger partial charge in [-0.05, 0) is 60.7 Å². The van der Waals surface area contributed by atoms with E-state index in [1.807, 2.05) is 49.6 Å². The molecule has 1 aliphatic heterocycles. The number of β-lactam (4-membered cyclic amide) rings is 1. The van der Waals surface area contributed by atoms with Crippen molar-refractivity contribution >= 4 is 34.5 Å². The van der Waals surface area contributed by atoms with Gasteiger partial charge >= 0.3 is 0 Å². The van der Waals surface area contributed by atoms with Crippen LogP contribution in [0, 0.1) is 13.8 Å².